The molecule has 2 aromatic carbocycles. The van der Waals surface area contributed by atoms with E-state index in [4.69, 9.17) is 10.3 Å². The first-order chi connectivity index (χ1) is 14.3. The Bertz CT molecular complexity index is 1170. The lowest BCUT2D eigenvalue weighted by atomic mass is 10.1. The van der Waals surface area contributed by atoms with Crippen LogP contribution in [0.15, 0.2) is 57.9 Å². The summed E-state index contributed by atoms with van der Waals surface area (Å²) in [6.45, 7) is 2.05. The molecule has 0 saturated heterocycles. The molecule has 1 aliphatic carbocycles. The molecule has 0 radical (unpaired) electrons. The van der Waals surface area contributed by atoms with Crippen molar-refractivity contribution in [2.45, 2.75) is 31.2 Å². The molecule has 30 heavy (non-hydrogen) atoms. The summed E-state index contributed by atoms with van der Waals surface area (Å²) in [5.74, 6) is 0.621. The highest BCUT2D eigenvalue weighted by Gasteiger charge is 2.44. The monoisotopic (exact) mass is 427 g/mol. The number of hydrogen-bond donors (Lipinski definition) is 3. The van der Waals surface area contributed by atoms with Crippen molar-refractivity contribution in [3.05, 3.63) is 54.4 Å². The lowest BCUT2D eigenvalue weighted by Gasteiger charge is -2.12. The quantitative estimate of drug-likeness (QED) is 0.526. The third-order valence-electron chi connectivity index (χ3n) is 5.01. The number of sulfonamides is 1. The number of nitrogens with zero attached hydrogens (tertiary/aromatic N) is 2. The van der Waals surface area contributed by atoms with E-state index in [1.807, 2.05) is 6.92 Å². The molecule has 0 spiro atoms. The molecule has 9 nitrogen and oxygen atoms in total. The number of hydrogen-bond acceptors (Lipinski definition) is 7. The van der Waals surface area contributed by atoms with Crippen LogP contribution in [0.4, 0.5) is 11.4 Å². The second-order valence-electron chi connectivity index (χ2n) is 7.44. The molecule has 1 saturated carbocycles. The van der Waals surface area contributed by atoms with Crippen LogP contribution in [0.5, 0.6) is 0 Å². The average Bonchev–Trinajstić information content (AvgIpc) is 3.31. The maximum atomic E-state index is 12.7. The summed E-state index contributed by atoms with van der Waals surface area (Å²) in [7, 11) is -3.78. The van der Waals surface area contributed by atoms with Gasteiger partial charge in [-0.2, -0.15) is 4.98 Å². The van der Waals surface area contributed by atoms with Gasteiger partial charge in [-0.3, -0.25) is 9.52 Å². The third kappa shape index (κ3) is 4.19. The summed E-state index contributed by atoms with van der Waals surface area (Å²) >= 11 is 0. The van der Waals surface area contributed by atoms with Crippen LogP contribution in [0.2, 0.25) is 0 Å². The number of nitrogens with two attached hydrogens (primary N) is 1. The summed E-state index contributed by atoms with van der Waals surface area (Å²) in [6.07, 6.45) is 1.77. The van der Waals surface area contributed by atoms with Crippen LogP contribution in [0, 0.1) is 5.41 Å². The highest BCUT2D eigenvalue weighted by atomic mass is 32.2. The van der Waals surface area contributed by atoms with Crippen LogP contribution in [0.1, 0.15) is 25.7 Å². The zero-order valence-corrected chi connectivity index (χ0v) is 17.1. The highest BCUT2D eigenvalue weighted by Crippen LogP contribution is 2.45. The van der Waals surface area contributed by atoms with E-state index >= 15 is 0 Å². The smallest absolute Gasteiger partial charge is 0.261 e. The standard InChI is InChI=1S/C20H21N5O4S/c1-20(10-11-20)19(26)22-14-4-6-15(7-5-14)25-30(27,28)16-8-2-13(3-9-16)18-23-17(12-21)29-24-18/h2-9,25H,10-12,21H2,1H3,(H,22,26). The minimum atomic E-state index is -3.78. The predicted octanol–water partition coefficient (Wildman–Crippen LogP) is 2.73. The summed E-state index contributed by atoms with van der Waals surface area (Å²) in [4.78, 5) is 16.3. The number of nitrogens with one attached hydrogen (secondary N) is 2. The normalized spacial score (nSPS) is 14.9. The number of amides is 1. The summed E-state index contributed by atoms with van der Waals surface area (Å²) in [6, 6.07) is 12.6. The van der Waals surface area contributed by atoms with E-state index in [1.54, 1.807) is 36.4 Å². The molecule has 1 amide bonds. The topological polar surface area (TPSA) is 140 Å². The molecule has 4 rings (SSSR count). The Kier molecular flexibility index (Phi) is 5.04. The first kappa shape index (κ1) is 20.0. The minimum absolute atomic E-state index is 0.0175. The molecule has 0 unspecified atom stereocenters. The molecule has 0 bridgehead atoms. The largest absolute Gasteiger partial charge is 0.338 e. The average molecular weight is 427 g/mol. The Labute approximate surface area is 173 Å². The summed E-state index contributed by atoms with van der Waals surface area (Å²) in [5, 5.41) is 6.65. The maximum Gasteiger partial charge on any atom is 0.261 e. The van der Waals surface area contributed by atoms with Gasteiger partial charge in [-0.15, -0.1) is 0 Å². The van der Waals surface area contributed by atoms with Gasteiger partial charge in [0.25, 0.3) is 10.0 Å². The van der Waals surface area contributed by atoms with E-state index in [1.165, 1.54) is 12.1 Å². The Balaban J connectivity index is 1.44. The summed E-state index contributed by atoms with van der Waals surface area (Å²) < 4.78 is 32.8. The van der Waals surface area contributed by atoms with E-state index in [0.29, 0.717) is 28.7 Å². The van der Waals surface area contributed by atoms with Gasteiger partial charge in [0.15, 0.2) is 0 Å². The number of anilines is 2. The van der Waals surface area contributed by atoms with Crippen molar-refractivity contribution >= 4 is 27.3 Å². The molecule has 0 aliphatic heterocycles. The lowest BCUT2D eigenvalue weighted by molar-refractivity contribution is -0.120. The van der Waals surface area contributed by atoms with Gasteiger partial charge < -0.3 is 15.6 Å². The van der Waals surface area contributed by atoms with Gasteiger partial charge in [-0.25, -0.2) is 8.42 Å². The lowest BCUT2D eigenvalue weighted by Crippen LogP contribution is -2.21. The molecule has 1 aromatic heterocycles. The zero-order chi connectivity index (χ0) is 21.4. The fraction of sp³-hybridized carbons (Fsp3) is 0.250. The molecule has 3 aromatic rings. The molecular weight excluding hydrogens is 406 g/mol. The first-order valence-corrected chi connectivity index (χ1v) is 10.8. The summed E-state index contributed by atoms with van der Waals surface area (Å²) in [5.41, 5.74) is 6.79. The molecule has 1 heterocycles. The van der Waals surface area contributed by atoms with Gasteiger partial charge in [-0.1, -0.05) is 12.1 Å². The van der Waals surface area contributed by atoms with E-state index in [0.717, 1.165) is 12.8 Å². The number of benzene rings is 2. The van der Waals surface area contributed by atoms with E-state index in [-0.39, 0.29) is 22.8 Å². The number of carbonyl (C=O) groups is 1. The van der Waals surface area contributed by atoms with Crippen molar-refractivity contribution in [2.75, 3.05) is 10.0 Å². The van der Waals surface area contributed by atoms with E-state index < -0.39 is 10.0 Å². The number of aromatic nitrogens is 2. The maximum absolute atomic E-state index is 12.7. The van der Waals surface area contributed by atoms with Gasteiger partial charge in [0.1, 0.15) is 0 Å². The third-order valence-corrected chi connectivity index (χ3v) is 6.41. The molecule has 1 aliphatic rings. The Morgan fingerprint density at radius 3 is 2.30 bits per heavy atom. The van der Waals surface area contributed by atoms with Gasteiger partial charge in [-0.05, 0) is 61.4 Å². The second kappa shape index (κ2) is 7.54. The van der Waals surface area contributed by atoms with Crippen molar-refractivity contribution in [3.8, 4) is 11.4 Å². The van der Waals surface area contributed by atoms with Crippen molar-refractivity contribution < 1.29 is 17.7 Å². The Hall–Kier alpha value is -3.24. The molecular formula is C20H21N5O4S. The molecule has 156 valence electrons. The van der Waals surface area contributed by atoms with Crippen molar-refractivity contribution in [1.82, 2.24) is 10.1 Å². The molecule has 4 N–H and O–H groups in total. The first-order valence-electron chi connectivity index (χ1n) is 9.36. The fourth-order valence-corrected chi connectivity index (χ4v) is 3.83. The second-order valence-corrected chi connectivity index (χ2v) is 9.12. The van der Waals surface area contributed by atoms with Crippen LogP contribution in [-0.4, -0.2) is 24.5 Å². The van der Waals surface area contributed by atoms with Crippen LogP contribution in [-0.2, 0) is 21.4 Å². The van der Waals surface area contributed by atoms with E-state index in [2.05, 4.69) is 20.2 Å². The van der Waals surface area contributed by atoms with Crippen molar-refractivity contribution in [3.63, 3.8) is 0 Å². The zero-order valence-electron chi connectivity index (χ0n) is 16.3. The van der Waals surface area contributed by atoms with Gasteiger partial charge in [0, 0.05) is 22.4 Å². The molecule has 1 fully saturated rings. The van der Waals surface area contributed by atoms with Crippen LogP contribution in [0.25, 0.3) is 11.4 Å². The van der Waals surface area contributed by atoms with Gasteiger partial charge in [0.05, 0.1) is 11.4 Å². The van der Waals surface area contributed by atoms with Crippen LogP contribution >= 0.6 is 0 Å². The number of carbonyl (C=O) groups excluding carboxylic acids is 1. The molecule has 10 heteroatoms. The highest BCUT2D eigenvalue weighted by molar-refractivity contribution is 7.92. The van der Waals surface area contributed by atoms with Gasteiger partial charge >= 0.3 is 0 Å². The van der Waals surface area contributed by atoms with Crippen molar-refractivity contribution in [2.24, 2.45) is 11.1 Å². The van der Waals surface area contributed by atoms with Gasteiger partial charge in [0.2, 0.25) is 17.6 Å². The predicted molar refractivity (Wildman–Crippen MR) is 111 cm³/mol. The van der Waals surface area contributed by atoms with Crippen LogP contribution in [0.3, 0.4) is 0 Å². The van der Waals surface area contributed by atoms with Crippen LogP contribution < -0.4 is 15.8 Å². The van der Waals surface area contributed by atoms with Crippen molar-refractivity contribution in [1.29, 1.82) is 0 Å². The fourth-order valence-electron chi connectivity index (χ4n) is 2.77. The Morgan fingerprint density at radius 1 is 1.10 bits per heavy atom. The minimum Gasteiger partial charge on any atom is -0.338 e. The SMILES string of the molecule is CC1(C(=O)Nc2ccc(NS(=O)(=O)c3ccc(-c4noc(CN)n4)cc3)cc2)CC1. The number of rotatable bonds is 7. The Morgan fingerprint density at radius 2 is 1.73 bits per heavy atom. The molecule has 0 atom stereocenters. The van der Waals surface area contributed by atoms with E-state index in [9.17, 15) is 13.2 Å².